The van der Waals surface area contributed by atoms with E-state index in [-0.39, 0.29) is 10.6 Å². The van der Waals surface area contributed by atoms with Gasteiger partial charge in [0, 0.05) is 50.3 Å². The number of hydrogen-bond donors (Lipinski definition) is 3. The number of nitrogen functional groups attached to an aromatic ring is 1. The molecule has 32 heavy (non-hydrogen) atoms. The molecule has 0 saturated carbocycles. The molecule has 2 aromatic heterocycles. The Kier molecular flexibility index (Phi) is 6.25. The fourth-order valence-electron chi connectivity index (χ4n) is 3.21. The predicted molar refractivity (Wildman–Crippen MR) is 127 cm³/mol. The maximum atomic E-state index is 13.2. The van der Waals surface area contributed by atoms with Gasteiger partial charge in [0.15, 0.2) is 0 Å². The van der Waals surface area contributed by atoms with Crippen molar-refractivity contribution in [2.24, 2.45) is 0 Å². The maximum Gasteiger partial charge on any atom is 0.236 e. The van der Waals surface area contributed by atoms with Crippen molar-refractivity contribution in [1.82, 2.24) is 10.3 Å². The van der Waals surface area contributed by atoms with Gasteiger partial charge in [0.1, 0.15) is 11.6 Å². The molecule has 8 heteroatoms. The van der Waals surface area contributed by atoms with Gasteiger partial charge in [-0.3, -0.25) is 0 Å². The summed E-state index contributed by atoms with van der Waals surface area (Å²) >= 11 is 5.34. The monoisotopic (exact) mass is 469 g/mol. The number of benzene rings is 2. The highest BCUT2D eigenvalue weighted by molar-refractivity contribution is 7.80. The van der Waals surface area contributed by atoms with Crippen molar-refractivity contribution in [3.63, 3.8) is 0 Å². The minimum Gasteiger partial charge on any atom is -0.395 e. The van der Waals surface area contributed by atoms with Crippen LogP contribution in [0.5, 0.6) is 0 Å². The predicted octanol–water partition coefficient (Wildman–Crippen LogP) is 6.53. The molecular weight excluding hydrogens is 451 g/mol. The van der Waals surface area contributed by atoms with Crippen LogP contribution < -0.4 is 11.1 Å². The van der Waals surface area contributed by atoms with E-state index >= 15 is 0 Å². The molecule has 1 aliphatic heterocycles. The summed E-state index contributed by atoms with van der Waals surface area (Å²) in [6.07, 6.45) is 1.51. The van der Waals surface area contributed by atoms with E-state index in [1.807, 2.05) is 6.07 Å². The number of rotatable bonds is 2. The number of halogens is 3. The normalized spacial score (nSPS) is 12.1. The second kappa shape index (κ2) is 9.10. The molecule has 4 aromatic rings. The van der Waals surface area contributed by atoms with Gasteiger partial charge in [-0.2, -0.15) is 4.39 Å². The quantitative estimate of drug-likeness (QED) is 0.231. The second-order valence-corrected chi connectivity index (χ2v) is 8.63. The standard InChI is InChI=1S/C18H14FN3S.C6H4F2S/c1-10-14-3-2-11(6-12(14)8-21-10)16-4-5-17(23-16)13-7-15(20)18(19)22-9-13;7-4-1-2-6(9)5(8)3-4/h2-7,9,21H,1,8,20H2;1-3,9H. The Labute approximate surface area is 192 Å². The van der Waals surface area contributed by atoms with Crippen LogP contribution in [-0.4, -0.2) is 4.98 Å². The lowest BCUT2D eigenvalue weighted by atomic mass is 10.0. The van der Waals surface area contributed by atoms with Crippen LogP contribution in [0.4, 0.5) is 18.9 Å². The number of pyridine rings is 1. The van der Waals surface area contributed by atoms with E-state index in [1.165, 1.54) is 29.0 Å². The molecule has 0 spiro atoms. The van der Waals surface area contributed by atoms with Gasteiger partial charge in [-0.1, -0.05) is 18.7 Å². The van der Waals surface area contributed by atoms with Crippen LogP contribution in [0.25, 0.3) is 26.6 Å². The number of anilines is 1. The number of aromatic nitrogens is 1. The summed E-state index contributed by atoms with van der Waals surface area (Å²) in [5.41, 5.74) is 11.1. The zero-order valence-corrected chi connectivity index (χ0v) is 18.4. The maximum absolute atomic E-state index is 13.2. The molecule has 0 saturated heterocycles. The summed E-state index contributed by atoms with van der Waals surface area (Å²) in [5, 5.41) is 3.26. The van der Waals surface area contributed by atoms with Gasteiger partial charge in [-0.05, 0) is 47.5 Å². The Hall–Kier alpha value is -3.23. The third-order valence-electron chi connectivity index (χ3n) is 4.87. The first-order valence-corrected chi connectivity index (χ1v) is 10.8. The molecular formula is C24H18F3N3S2. The first kappa shape index (κ1) is 22.0. The third kappa shape index (κ3) is 4.66. The average molecular weight is 470 g/mol. The summed E-state index contributed by atoms with van der Waals surface area (Å²) < 4.78 is 37.5. The number of thiol groups is 1. The third-order valence-corrected chi connectivity index (χ3v) is 6.42. The van der Waals surface area contributed by atoms with Gasteiger partial charge in [0.25, 0.3) is 0 Å². The molecule has 0 atom stereocenters. The van der Waals surface area contributed by atoms with Gasteiger partial charge in [0.05, 0.1) is 5.69 Å². The molecule has 3 heterocycles. The van der Waals surface area contributed by atoms with Crippen LogP contribution in [0.1, 0.15) is 11.1 Å². The van der Waals surface area contributed by atoms with Crippen LogP contribution in [0.2, 0.25) is 0 Å². The Balaban J connectivity index is 0.000000230. The Morgan fingerprint density at radius 1 is 0.969 bits per heavy atom. The average Bonchev–Trinajstić information content (AvgIpc) is 3.41. The van der Waals surface area contributed by atoms with Crippen LogP contribution in [0.15, 0.2) is 72.3 Å². The van der Waals surface area contributed by atoms with Gasteiger partial charge >= 0.3 is 0 Å². The molecule has 0 aliphatic carbocycles. The summed E-state index contributed by atoms with van der Waals surface area (Å²) in [4.78, 5) is 6.02. The van der Waals surface area contributed by atoms with Crippen molar-refractivity contribution in [2.45, 2.75) is 11.4 Å². The van der Waals surface area contributed by atoms with Gasteiger partial charge in [-0.25, -0.2) is 13.8 Å². The topological polar surface area (TPSA) is 50.9 Å². The largest absolute Gasteiger partial charge is 0.395 e. The number of nitrogens with zero attached hydrogens (tertiary/aromatic N) is 1. The lowest BCUT2D eigenvalue weighted by Crippen LogP contribution is -1.98. The van der Waals surface area contributed by atoms with E-state index in [9.17, 15) is 13.2 Å². The molecule has 0 radical (unpaired) electrons. The molecule has 2 aromatic carbocycles. The molecule has 3 nitrogen and oxygen atoms in total. The fraction of sp³-hybridized carbons (Fsp3) is 0.0417. The minimum atomic E-state index is -0.628. The molecule has 0 bridgehead atoms. The fourth-order valence-corrected chi connectivity index (χ4v) is 4.34. The summed E-state index contributed by atoms with van der Waals surface area (Å²) in [7, 11) is 0. The minimum absolute atomic E-state index is 0.0690. The zero-order chi connectivity index (χ0) is 22.8. The first-order valence-electron chi connectivity index (χ1n) is 9.53. The van der Waals surface area contributed by atoms with Gasteiger partial charge < -0.3 is 11.1 Å². The molecule has 0 unspecified atom stereocenters. The van der Waals surface area contributed by atoms with Crippen molar-refractivity contribution in [2.75, 3.05) is 5.73 Å². The molecule has 162 valence electrons. The van der Waals surface area contributed by atoms with E-state index < -0.39 is 17.6 Å². The lowest BCUT2D eigenvalue weighted by Gasteiger charge is -2.02. The van der Waals surface area contributed by atoms with E-state index in [2.05, 4.69) is 53.8 Å². The highest BCUT2D eigenvalue weighted by Crippen LogP contribution is 2.36. The van der Waals surface area contributed by atoms with Crippen molar-refractivity contribution >= 4 is 35.4 Å². The van der Waals surface area contributed by atoms with Crippen molar-refractivity contribution in [1.29, 1.82) is 0 Å². The van der Waals surface area contributed by atoms with Crippen molar-refractivity contribution < 1.29 is 13.2 Å². The van der Waals surface area contributed by atoms with Gasteiger partial charge in [-0.15, -0.1) is 24.0 Å². The van der Waals surface area contributed by atoms with Crippen LogP contribution in [-0.2, 0) is 6.54 Å². The smallest absolute Gasteiger partial charge is 0.236 e. The molecule has 0 fully saturated rings. The van der Waals surface area contributed by atoms with Crippen LogP contribution >= 0.6 is 24.0 Å². The highest BCUT2D eigenvalue weighted by Gasteiger charge is 2.15. The molecule has 1 aliphatic rings. The SMILES string of the molecule is C=C1NCc2cc(-c3ccc(-c4cnc(F)c(N)c4)s3)ccc21.Fc1ccc(S)c(F)c1. The summed E-state index contributed by atoms with van der Waals surface area (Å²) in [6.45, 7) is 4.82. The van der Waals surface area contributed by atoms with E-state index in [0.29, 0.717) is 0 Å². The Morgan fingerprint density at radius 3 is 2.41 bits per heavy atom. The zero-order valence-electron chi connectivity index (χ0n) is 16.7. The highest BCUT2D eigenvalue weighted by atomic mass is 32.1. The van der Waals surface area contributed by atoms with Crippen molar-refractivity contribution in [3.05, 3.63) is 96.1 Å². The summed E-state index contributed by atoms with van der Waals surface area (Å²) in [5.74, 6) is -1.83. The van der Waals surface area contributed by atoms with Crippen LogP contribution in [0, 0.1) is 17.6 Å². The number of nitrogens with two attached hydrogens (primary N) is 1. The number of hydrogen-bond acceptors (Lipinski definition) is 5. The lowest BCUT2D eigenvalue weighted by molar-refractivity contribution is 0.566. The molecule has 3 N–H and O–H groups in total. The van der Waals surface area contributed by atoms with E-state index in [1.54, 1.807) is 17.4 Å². The van der Waals surface area contributed by atoms with Crippen LogP contribution in [0.3, 0.4) is 0 Å². The number of fused-ring (bicyclic) bond motifs is 1. The van der Waals surface area contributed by atoms with Crippen molar-refractivity contribution in [3.8, 4) is 20.9 Å². The van der Waals surface area contributed by atoms with Gasteiger partial charge in [0.2, 0.25) is 5.95 Å². The van der Waals surface area contributed by atoms with E-state index in [0.717, 1.165) is 39.7 Å². The number of nitrogens with one attached hydrogen (secondary N) is 1. The van der Waals surface area contributed by atoms with E-state index in [4.69, 9.17) is 5.73 Å². The first-order chi connectivity index (χ1) is 15.3. The number of thiophene rings is 1. The second-order valence-electron chi connectivity index (χ2n) is 7.07. The Morgan fingerprint density at radius 2 is 1.72 bits per heavy atom. The molecule has 0 amide bonds. The Bertz CT molecular complexity index is 1320. The summed E-state index contributed by atoms with van der Waals surface area (Å²) in [6, 6.07) is 15.3. The molecule has 5 rings (SSSR count).